The third-order valence-corrected chi connectivity index (χ3v) is 4.81. The molecule has 1 N–H and O–H groups in total. The molecule has 2 aromatic carbocycles. The molecule has 0 amide bonds. The van der Waals surface area contributed by atoms with E-state index in [-0.39, 0.29) is 11.7 Å². The topological polar surface area (TPSA) is 47.6 Å². The fraction of sp³-hybridized carbons (Fsp3) is 0.480. The van der Waals surface area contributed by atoms with Crippen molar-refractivity contribution in [2.45, 2.75) is 71.1 Å². The molecule has 2 atom stereocenters. The average molecular weight is 398 g/mol. The number of ether oxygens (including phenoxy) is 2. The molecule has 1 aliphatic heterocycles. The molecule has 0 aliphatic carbocycles. The second kappa shape index (κ2) is 11.6. The number of piperidine rings is 1. The van der Waals surface area contributed by atoms with Crippen LogP contribution in [0.4, 0.5) is 0 Å². The predicted octanol–water partition coefficient (Wildman–Crippen LogP) is 5.14. The molecular formula is C25H35NO3. The lowest BCUT2D eigenvalue weighted by Crippen LogP contribution is -2.44. The van der Waals surface area contributed by atoms with E-state index in [1.54, 1.807) is 0 Å². The smallest absolute Gasteiger partial charge is 0.293 e. The summed E-state index contributed by atoms with van der Waals surface area (Å²) in [6.45, 7) is 9.21. The Hall–Kier alpha value is -2.33. The Labute approximate surface area is 175 Å². The van der Waals surface area contributed by atoms with Gasteiger partial charge in [-0.1, -0.05) is 48.9 Å². The van der Waals surface area contributed by atoms with Crippen LogP contribution in [0.15, 0.2) is 54.6 Å². The zero-order valence-corrected chi connectivity index (χ0v) is 18.2. The Kier molecular flexibility index (Phi) is 9.20. The van der Waals surface area contributed by atoms with Crippen LogP contribution in [0.3, 0.4) is 0 Å². The van der Waals surface area contributed by atoms with Gasteiger partial charge in [-0.3, -0.25) is 4.79 Å². The molecule has 2 unspecified atom stereocenters. The number of rotatable bonds is 6. The molecule has 158 valence electrons. The Balaban J connectivity index is 0.000000370. The van der Waals surface area contributed by atoms with Crippen molar-refractivity contribution in [3.05, 3.63) is 65.7 Å². The van der Waals surface area contributed by atoms with Crippen LogP contribution < -0.4 is 10.1 Å². The highest BCUT2D eigenvalue weighted by molar-refractivity contribution is 5.37. The molecular weight excluding hydrogens is 362 g/mol. The fourth-order valence-corrected chi connectivity index (χ4v) is 3.24. The van der Waals surface area contributed by atoms with E-state index in [9.17, 15) is 4.79 Å². The van der Waals surface area contributed by atoms with Crippen LogP contribution in [0.1, 0.15) is 58.1 Å². The van der Waals surface area contributed by atoms with Crippen LogP contribution in [0.2, 0.25) is 0 Å². The lowest BCUT2D eigenvalue weighted by Gasteiger charge is -2.29. The predicted molar refractivity (Wildman–Crippen MR) is 118 cm³/mol. The number of hydrogen-bond acceptors (Lipinski definition) is 4. The molecule has 1 saturated heterocycles. The minimum atomic E-state index is -0.318. The van der Waals surface area contributed by atoms with Crippen LogP contribution in [-0.4, -0.2) is 30.8 Å². The van der Waals surface area contributed by atoms with Gasteiger partial charge in [0.1, 0.15) is 17.5 Å². The maximum absolute atomic E-state index is 9.60. The highest BCUT2D eigenvalue weighted by Crippen LogP contribution is 2.19. The van der Waals surface area contributed by atoms with Gasteiger partial charge in [-0.05, 0) is 76.8 Å². The molecule has 1 heterocycles. The summed E-state index contributed by atoms with van der Waals surface area (Å²) in [7, 11) is 0. The van der Waals surface area contributed by atoms with E-state index in [1.165, 1.54) is 30.4 Å². The first-order valence-electron chi connectivity index (χ1n) is 10.5. The van der Waals surface area contributed by atoms with Gasteiger partial charge < -0.3 is 14.8 Å². The number of benzene rings is 2. The van der Waals surface area contributed by atoms with E-state index in [2.05, 4.69) is 71.6 Å². The zero-order valence-electron chi connectivity index (χ0n) is 18.2. The second-order valence-corrected chi connectivity index (χ2v) is 8.51. The van der Waals surface area contributed by atoms with Crippen LogP contribution >= 0.6 is 0 Å². The standard InChI is InChI=1S/C20H25NO.C5H10O2/c1-16(20-9-5-6-14-21-20)22-19-12-10-18(11-13-19)15-17-7-3-2-4-8-17;1-5(2,3)7-4-6/h2-4,7-8,10-13,16,20-21H,5-6,9,14-15H2,1H3;4H,1-3H3. The van der Waals surface area contributed by atoms with Gasteiger partial charge in [0, 0.05) is 6.04 Å². The molecule has 0 radical (unpaired) electrons. The number of carbonyl (C=O) groups excluding carboxylic acids is 1. The largest absolute Gasteiger partial charge is 0.489 e. The number of carbonyl (C=O) groups is 1. The van der Waals surface area contributed by atoms with E-state index in [0.717, 1.165) is 18.7 Å². The molecule has 0 aromatic heterocycles. The Morgan fingerprint density at radius 3 is 2.21 bits per heavy atom. The highest BCUT2D eigenvalue weighted by Gasteiger charge is 2.20. The Bertz CT molecular complexity index is 701. The van der Waals surface area contributed by atoms with Crippen molar-refractivity contribution >= 4 is 6.47 Å². The minimum Gasteiger partial charge on any atom is -0.489 e. The lowest BCUT2D eigenvalue weighted by atomic mass is 10.0. The molecule has 4 nitrogen and oxygen atoms in total. The van der Waals surface area contributed by atoms with Crippen LogP contribution in [0.5, 0.6) is 5.75 Å². The normalized spacial score (nSPS) is 17.4. The summed E-state index contributed by atoms with van der Waals surface area (Å²) in [5.41, 5.74) is 2.35. The first kappa shape index (κ1) is 23.0. The lowest BCUT2D eigenvalue weighted by molar-refractivity contribution is -0.138. The van der Waals surface area contributed by atoms with Gasteiger partial charge in [0.15, 0.2) is 0 Å². The molecule has 1 fully saturated rings. The van der Waals surface area contributed by atoms with Gasteiger partial charge in [-0.25, -0.2) is 0 Å². The number of hydrogen-bond donors (Lipinski definition) is 1. The molecule has 29 heavy (non-hydrogen) atoms. The van der Waals surface area contributed by atoms with E-state index >= 15 is 0 Å². The van der Waals surface area contributed by atoms with Crippen molar-refractivity contribution in [2.75, 3.05) is 6.54 Å². The molecule has 0 bridgehead atoms. The van der Waals surface area contributed by atoms with Crippen molar-refractivity contribution < 1.29 is 14.3 Å². The van der Waals surface area contributed by atoms with Gasteiger partial charge in [-0.15, -0.1) is 0 Å². The van der Waals surface area contributed by atoms with Gasteiger partial charge in [0.25, 0.3) is 6.47 Å². The molecule has 4 heteroatoms. The van der Waals surface area contributed by atoms with Gasteiger partial charge >= 0.3 is 0 Å². The summed E-state index contributed by atoms with van der Waals surface area (Å²) in [5, 5.41) is 3.56. The summed E-state index contributed by atoms with van der Waals surface area (Å²) in [6, 6.07) is 19.6. The summed E-state index contributed by atoms with van der Waals surface area (Å²) in [5.74, 6) is 0.969. The molecule has 0 spiro atoms. The highest BCUT2D eigenvalue weighted by atomic mass is 16.5. The van der Waals surface area contributed by atoms with Crippen LogP contribution in [-0.2, 0) is 16.0 Å². The van der Waals surface area contributed by atoms with Crippen molar-refractivity contribution in [2.24, 2.45) is 0 Å². The first-order valence-corrected chi connectivity index (χ1v) is 10.5. The maximum atomic E-state index is 9.60. The van der Waals surface area contributed by atoms with E-state index in [1.807, 2.05) is 20.8 Å². The quantitative estimate of drug-likeness (QED) is 0.685. The van der Waals surface area contributed by atoms with E-state index in [4.69, 9.17) is 4.74 Å². The summed E-state index contributed by atoms with van der Waals surface area (Å²) in [4.78, 5) is 9.60. The average Bonchev–Trinajstić information content (AvgIpc) is 2.70. The van der Waals surface area contributed by atoms with Crippen molar-refractivity contribution in [1.29, 1.82) is 0 Å². The van der Waals surface area contributed by atoms with Gasteiger partial charge in [0.05, 0.1) is 0 Å². The van der Waals surface area contributed by atoms with Crippen LogP contribution in [0, 0.1) is 0 Å². The summed E-state index contributed by atoms with van der Waals surface area (Å²) >= 11 is 0. The fourth-order valence-electron chi connectivity index (χ4n) is 3.24. The third kappa shape index (κ3) is 9.14. The molecule has 3 rings (SSSR count). The number of nitrogens with one attached hydrogen (secondary N) is 1. The first-order chi connectivity index (χ1) is 13.9. The second-order valence-electron chi connectivity index (χ2n) is 8.51. The van der Waals surface area contributed by atoms with E-state index < -0.39 is 0 Å². The van der Waals surface area contributed by atoms with Crippen molar-refractivity contribution in [3.8, 4) is 5.75 Å². The van der Waals surface area contributed by atoms with Gasteiger partial charge in [0.2, 0.25) is 0 Å². The Morgan fingerprint density at radius 1 is 1.03 bits per heavy atom. The molecule has 1 aliphatic rings. The zero-order chi connectivity index (χ0) is 21.1. The van der Waals surface area contributed by atoms with Crippen LogP contribution in [0.25, 0.3) is 0 Å². The minimum absolute atomic E-state index is 0.222. The molecule has 0 saturated carbocycles. The summed E-state index contributed by atoms with van der Waals surface area (Å²) < 4.78 is 10.6. The monoisotopic (exact) mass is 397 g/mol. The third-order valence-electron chi connectivity index (χ3n) is 4.81. The van der Waals surface area contributed by atoms with E-state index in [0.29, 0.717) is 12.5 Å². The SMILES string of the molecule is CC(C)(C)OC=O.CC(Oc1ccc(Cc2ccccc2)cc1)C1CCCCN1. The van der Waals surface area contributed by atoms with Gasteiger partial charge in [-0.2, -0.15) is 0 Å². The van der Waals surface area contributed by atoms with Crippen molar-refractivity contribution in [1.82, 2.24) is 5.32 Å². The molecule has 2 aromatic rings. The summed E-state index contributed by atoms with van der Waals surface area (Å²) in [6.07, 6.45) is 5.01. The maximum Gasteiger partial charge on any atom is 0.293 e. The van der Waals surface area contributed by atoms with Crippen molar-refractivity contribution in [3.63, 3.8) is 0 Å². The Morgan fingerprint density at radius 2 is 1.69 bits per heavy atom.